The molecule has 0 aromatic heterocycles. The van der Waals surface area contributed by atoms with Crippen molar-refractivity contribution in [2.45, 2.75) is 37.8 Å². The van der Waals surface area contributed by atoms with Crippen molar-refractivity contribution in [1.82, 2.24) is 10.6 Å². The zero-order valence-corrected chi connectivity index (χ0v) is 19.0. The standard InChI is InChI=1S/C25H30N2O7/c1-2-33-16(13-23(29)27-22(11-12-28)24(30)31)14-26-25(32)34-15-21-19-9-5-3-7-17(19)18-8-4-6-10-20(18)21/h3-10,16,21-22,28H,2,11-15H2,1H3,(H,26,32)(H,27,29)(H,30,31)/t16?,22-/m0/s1. The Kier molecular flexibility index (Phi) is 9.00. The minimum Gasteiger partial charge on any atom is -0.480 e. The molecule has 9 heteroatoms. The zero-order chi connectivity index (χ0) is 24.5. The largest absolute Gasteiger partial charge is 0.480 e. The zero-order valence-electron chi connectivity index (χ0n) is 19.0. The number of benzene rings is 2. The molecule has 0 spiro atoms. The van der Waals surface area contributed by atoms with Gasteiger partial charge in [-0.25, -0.2) is 9.59 Å². The van der Waals surface area contributed by atoms with Gasteiger partial charge in [0, 0.05) is 32.1 Å². The Morgan fingerprint density at radius 3 is 2.21 bits per heavy atom. The Morgan fingerprint density at radius 1 is 1.03 bits per heavy atom. The van der Waals surface area contributed by atoms with Gasteiger partial charge in [-0.1, -0.05) is 48.5 Å². The molecule has 4 N–H and O–H groups in total. The third-order valence-corrected chi connectivity index (χ3v) is 5.68. The molecule has 182 valence electrons. The first-order valence-corrected chi connectivity index (χ1v) is 11.3. The van der Waals surface area contributed by atoms with E-state index in [0.29, 0.717) is 6.61 Å². The first-order valence-electron chi connectivity index (χ1n) is 11.3. The number of amides is 2. The van der Waals surface area contributed by atoms with Gasteiger partial charge < -0.3 is 30.3 Å². The molecule has 0 fully saturated rings. The summed E-state index contributed by atoms with van der Waals surface area (Å²) >= 11 is 0. The van der Waals surface area contributed by atoms with Gasteiger partial charge in [0.05, 0.1) is 12.5 Å². The molecule has 0 saturated carbocycles. The maximum absolute atomic E-state index is 12.4. The number of aliphatic hydroxyl groups is 1. The highest BCUT2D eigenvalue weighted by Gasteiger charge is 2.29. The summed E-state index contributed by atoms with van der Waals surface area (Å²) in [5.41, 5.74) is 4.48. The Morgan fingerprint density at radius 2 is 1.65 bits per heavy atom. The summed E-state index contributed by atoms with van der Waals surface area (Å²) in [7, 11) is 0. The maximum atomic E-state index is 12.4. The quantitative estimate of drug-likeness (QED) is 0.374. The molecule has 1 aliphatic carbocycles. The fraction of sp³-hybridized carbons (Fsp3) is 0.400. The number of aliphatic hydroxyl groups excluding tert-OH is 1. The molecule has 3 rings (SSSR count). The molecular formula is C25H30N2O7. The van der Waals surface area contributed by atoms with Crippen molar-refractivity contribution in [3.05, 3.63) is 59.7 Å². The van der Waals surface area contributed by atoms with Crippen molar-refractivity contribution < 1.29 is 34.1 Å². The molecule has 34 heavy (non-hydrogen) atoms. The number of rotatable bonds is 12. The number of carboxylic acids is 1. The number of fused-ring (bicyclic) bond motifs is 3. The summed E-state index contributed by atoms with van der Waals surface area (Å²) in [4.78, 5) is 35.7. The van der Waals surface area contributed by atoms with E-state index in [1.54, 1.807) is 6.92 Å². The Labute approximate surface area is 198 Å². The molecule has 2 aromatic rings. The molecule has 0 saturated heterocycles. The van der Waals surface area contributed by atoms with E-state index in [0.717, 1.165) is 22.3 Å². The summed E-state index contributed by atoms with van der Waals surface area (Å²) < 4.78 is 11.0. The van der Waals surface area contributed by atoms with Gasteiger partial charge in [0.2, 0.25) is 5.91 Å². The lowest BCUT2D eigenvalue weighted by molar-refractivity contribution is -0.142. The van der Waals surface area contributed by atoms with Crippen LogP contribution in [0.1, 0.15) is 36.8 Å². The molecule has 2 atom stereocenters. The highest BCUT2D eigenvalue weighted by atomic mass is 16.5. The maximum Gasteiger partial charge on any atom is 0.407 e. The highest BCUT2D eigenvalue weighted by molar-refractivity contribution is 5.84. The lowest BCUT2D eigenvalue weighted by Gasteiger charge is -2.20. The van der Waals surface area contributed by atoms with Gasteiger partial charge in [0.25, 0.3) is 0 Å². The minimum atomic E-state index is -1.23. The second kappa shape index (κ2) is 12.2. The van der Waals surface area contributed by atoms with E-state index in [1.807, 2.05) is 36.4 Å². The van der Waals surface area contributed by atoms with Gasteiger partial charge in [-0.05, 0) is 29.2 Å². The molecule has 1 unspecified atom stereocenters. The topological polar surface area (TPSA) is 134 Å². The van der Waals surface area contributed by atoms with Crippen LogP contribution in [0.3, 0.4) is 0 Å². The van der Waals surface area contributed by atoms with E-state index < -0.39 is 30.1 Å². The van der Waals surface area contributed by atoms with Crippen LogP contribution in [0.15, 0.2) is 48.5 Å². The molecule has 0 bridgehead atoms. The van der Waals surface area contributed by atoms with Crippen molar-refractivity contribution in [1.29, 1.82) is 0 Å². The lowest BCUT2D eigenvalue weighted by Crippen LogP contribution is -2.44. The van der Waals surface area contributed by atoms with Gasteiger partial charge >= 0.3 is 12.1 Å². The van der Waals surface area contributed by atoms with Gasteiger partial charge in [-0.2, -0.15) is 0 Å². The van der Waals surface area contributed by atoms with Crippen LogP contribution >= 0.6 is 0 Å². The number of hydrogen-bond donors (Lipinski definition) is 4. The number of hydrogen-bond acceptors (Lipinski definition) is 6. The van der Waals surface area contributed by atoms with E-state index in [1.165, 1.54) is 0 Å². The summed E-state index contributed by atoms with van der Waals surface area (Å²) in [5, 5.41) is 23.0. The van der Waals surface area contributed by atoms with Gasteiger partial charge in [0.1, 0.15) is 12.6 Å². The number of ether oxygens (including phenoxy) is 2. The molecule has 0 heterocycles. The lowest BCUT2D eigenvalue weighted by atomic mass is 9.98. The Bertz CT molecular complexity index is 965. The van der Waals surface area contributed by atoms with Crippen LogP contribution in [-0.2, 0) is 19.1 Å². The van der Waals surface area contributed by atoms with E-state index >= 15 is 0 Å². The van der Waals surface area contributed by atoms with Gasteiger partial charge in [0.15, 0.2) is 0 Å². The van der Waals surface area contributed by atoms with Crippen LogP contribution in [0.4, 0.5) is 4.79 Å². The number of alkyl carbamates (subject to hydrolysis) is 1. The molecule has 0 aliphatic heterocycles. The van der Waals surface area contributed by atoms with E-state index in [-0.39, 0.29) is 38.5 Å². The monoisotopic (exact) mass is 470 g/mol. The summed E-state index contributed by atoms with van der Waals surface area (Å²) in [6, 6.07) is 14.9. The van der Waals surface area contributed by atoms with Crippen LogP contribution in [0.2, 0.25) is 0 Å². The third-order valence-electron chi connectivity index (χ3n) is 5.68. The minimum absolute atomic E-state index is 0.0235. The molecular weight excluding hydrogens is 440 g/mol. The Balaban J connectivity index is 1.52. The normalized spacial score (nSPS) is 13.9. The second-order valence-corrected chi connectivity index (χ2v) is 7.96. The van der Waals surface area contributed by atoms with Crippen molar-refractivity contribution in [2.24, 2.45) is 0 Å². The fourth-order valence-electron chi connectivity index (χ4n) is 4.12. The molecule has 2 aromatic carbocycles. The number of carboxylic acid groups (broad SMARTS) is 1. The SMILES string of the molecule is CCOC(CNC(=O)OCC1c2ccccc2-c2ccccc21)CC(=O)N[C@@H](CCO)C(=O)O. The van der Waals surface area contributed by atoms with Crippen molar-refractivity contribution in [3.63, 3.8) is 0 Å². The number of carbonyl (C=O) groups excluding carboxylic acids is 2. The molecule has 1 aliphatic rings. The average Bonchev–Trinajstić information content (AvgIpc) is 3.14. The average molecular weight is 471 g/mol. The van der Waals surface area contributed by atoms with Crippen LogP contribution in [0, 0.1) is 0 Å². The van der Waals surface area contributed by atoms with E-state index in [4.69, 9.17) is 19.7 Å². The van der Waals surface area contributed by atoms with Crippen LogP contribution in [0.5, 0.6) is 0 Å². The molecule has 2 amide bonds. The van der Waals surface area contributed by atoms with Crippen LogP contribution in [0.25, 0.3) is 11.1 Å². The van der Waals surface area contributed by atoms with Gasteiger partial charge in [-0.15, -0.1) is 0 Å². The van der Waals surface area contributed by atoms with Gasteiger partial charge in [-0.3, -0.25) is 4.79 Å². The highest BCUT2D eigenvalue weighted by Crippen LogP contribution is 2.44. The second-order valence-electron chi connectivity index (χ2n) is 7.96. The predicted molar refractivity (Wildman–Crippen MR) is 124 cm³/mol. The molecule has 0 radical (unpaired) electrons. The number of nitrogens with one attached hydrogen (secondary N) is 2. The number of carbonyl (C=O) groups is 3. The van der Waals surface area contributed by atoms with Crippen LogP contribution in [-0.4, -0.2) is 66.7 Å². The van der Waals surface area contributed by atoms with E-state index in [2.05, 4.69) is 22.8 Å². The first-order chi connectivity index (χ1) is 16.4. The third kappa shape index (κ3) is 6.33. The van der Waals surface area contributed by atoms with Crippen LogP contribution < -0.4 is 10.6 Å². The Hall–Kier alpha value is -3.43. The molecule has 9 nitrogen and oxygen atoms in total. The summed E-state index contributed by atoms with van der Waals surface area (Å²) in [6.07, 6.45) is -1.53. The predicted octanol–water partition coefficient (Wildman–Crippen LogP) is 2.27. The summed E-state index contributed by atoms with van der Waals surface area (Å²) in [5.74, 6) is -1.84. The van der Waals surface area contributed by atoms with Crippen molar-refractivity contribution in [2.75, 3.05) is 26.4 Å². The summed E-state index contributed by atoms with van der Waals surface area (Å²) in [6.45, 7) is 1.89. The first kappa shape index (κ1) is 25.2. The number of aliphatic carboxylic acids is 1. The van der Waals surface area contributed by atoms with Crippen molar-refractivity contribution >= 4 is 18.0 Å². The van der Waals surface area contributed by atoms with E-state index in [9.17, 15) is 14.4 Å². The van der Waals surface area contributed by atoms with Crippen molar-refractivity contribution in [3.8, 4) is 11.1 Å². The smallest absolute Gasteiger partial charge is 0.407 e. The fourth-order valence-corrected chi connectivity index (χ4v) is 4.12.